The lowest BCUT2D eigenvalue weighted by atomic mass is 10.1. The molecule has 1 rings (SSSR count). The van der Waals surface area contributed by atoms with Gasteiger partial charge in [-0.3, -0.25) is 0 Å². The minimum Gasteiger partial charge on any atom is -0.496 e. The van der Waals surface area contributed by atoms with E-state index in [0.29, 0.717) is 5.75 Å². The Hall–Kier alpha value is -1.07. The maximum atomic E-state index is 11.1. The Morgan fingerprint density at radius 3 is 2.47 bits per heavy atom. The molecule has 84 valence electrons. The molecule has 5 heteroatoms. The second-order valence-electron chi connectivity index (χ2n) is 3.35. The lowest BCUT2D eigenvalue weighted by Gasteiger charge is -2.15. The van der Waals surface area contributed by atoms with Gasteiger partial charge in [0.25, 0.3) is 0 Å². The number of rotatable bonds is 4. The molecule has 1 atom stereocenters. The number of hydrogen-bond acceptors (Lipinski definition) is 3. The van der Waals surface area contributed by atoms with Crippen LogP contribution in [0.25, 0.3) is 0 Å². The van der Waals surface area contributed by atoms with Crippen LogP contribution in [0.2, 0.25) is 0 Å². The van der Waals surface area contributed by atoms with Gasteiger partial charge in [0.05, 0.1) is 13.4 Å². The standard InChI is InChI=1S/C10H15NO3S/c1-8(11-15(3,12)13)9-6-4-5-7-10(9)14-2/h4-8,11H,1-3H3. The molecule has 0 aliphatic rings. The fourth-order valence-electron chi connectivity index (χ4n) is 1.41. The summed E-state index contributed by atoms with van der Waals surface area (Å²) in [5, 5.41) is 0. The summed E-state index contributed by atoms with van der Waals surface area (Å²) in [6, 6.07) is 7.03. The minimum atomic E-state index is -3.20. The van der Waals surface area contributed by atoms with Crippen molar-refractivity contribution in [2.24, 2.45) is 0 Å². The highest BCUT2D eigenvalue weighted by molar-refractivity contribution is 7.88. The molecule has 0 heterocycles. The molecule has 0 bridgehead atoms. The van der Waals surface area contributed by atoms with Crippen molar-refractivity contribution in [2.45, 2.75) is 13.0 Å². The molecule has 0 aromatic heterocycles. The maximum Gasteiger partial charge on any atom is 0.209 e. The highest BCUT2D eigenvalue weighted by atomic mass is 32.2. The van der Waals surface area contributed by atoms with Crippen LogP contribution in [-0.2, 0) is 10.0 Å². The van der Waals surface area contributed by atoms with Crippen molar-refractivity contribution in [3.8, 4) is 5.75 Å². The van der Waals surface area contributed by atoms with E-state index in [1.54, 1.807) is 20.1 Å². The smallest absolute Gasteiger partial charge is 0.209 e. The minimum absolute atomic E-state index is 0.295. The van der Waals surface area contributed by atoms with Crippen molar-refractivity contribution >= 4 is 10.0 Å². The van der Waals surface area contributed by atoms with Gasteiger partial charge in [-0.05, 0) is 13.0 Å². The summed E-state index contributed by atoms with van der Waals surface area (Å²) >= 11 is 0. The topological polar surface area (TPSA) is 55.4 Å². The molecule has 0 aliphatic heterocycles. The van der Waals surface area contributed by atoms with Crippen molar-refractivity contribution in [1.29, 1.82) is 0 Å². The summed E-state index contributed by atoms with van der Waals surface area (Å²) in [6.45, 7) is 1.78. The molecule has 1 aromatic rings. The fraction of sp³-hybridized carbons (Fsp3) is 0.400. The van der Waals surface area contributed by atoms with Gasteiger partial charge in [-0.1, -0.05) is 18.2 Å². The summed E-state index contributed by atoms with van der Waals surface area (Å²) in [4.78, 5) is 0. The van der Waals surface area contributed by atoms with Crippen LogP contribution < -0.4 is 9.46 Å². The van der Waals surface area contributed by atoms with Crippen LogP contribution in [0.15, 0.2) is 24.3 Å². The monoisotopic (exact) mass is 229 g/mol. The van der Waals surface area contributed by atoms with Crippen LogP contribution in [-0.4, -0.2) is 21.8 Å². The highest BCUT2D eigenvalue weighted by Gasteiger charge is 2.14. The van der Waals surface area contributed by atoms with Gasteiger partial charge < -0.3 is 4.74 Å². The Kier molecular flexibility index (Phi) is 3.71. The summed E-state index contributed by atoms with van der Waals surface area (Å²) < 4.78 is 29.8. The largest absolute Gasteiger partial charge is 0.496 e. The Morgan fingerprint density at radius 1 is 1.33 bits per heavy atom. The molecular formula is C10H15NO3S. The number of methoxy groups -OCH3 is 1. The molecule has 0 fully saturated rings. The first kappa shape index (κ1) is 12.0. The van der Waals surface area contributed by atoms with Crippen LogP contribution in [0, 0.1) is 0 Å². The zero-order valence-corrected chi connectivity index (χ0v) is 9.84. The molecular weight excluding hydrogens is 214 g/mol. The number of nitrogens with one attached hydrogen (secondary N) is 1. The zero-order valence-electron chi connectivity index (χ0n) is 9.02. The van der Waals surface area contributed by atoms with Gasteiger partial charge in [0.2, 0.25) is 10.0 Å². The molecule has 0 saturated carbocycles. The predicted octanol–water partition coefficient (Wildman–Crippen LogP) is 1.31. The van der Waals surface area contributed by atoms with E-state index in [1.807, 2.05) is 18.2 Å². The Bertz CT molecular complexity index is 428. The molecule has 0 spiro atoms. The number of hydrogen-bond donors (Lipinski definition) is 1. The molecule has 1 unspecified atom stereocenters. The van der Waals surface area contributed by atoms with Crippen LogP contribution in [0.3, 0.4) is 0 Å². The lowest BCUT2D eigenvalue weighted by molar-refractivity contribution is 0.405. The molecule has 4 nitrogen and oxygen atoms in total. The second-order valence-corrected chi connectivity index (χ2v) is 5.13. The van der Waals surface area contributed by atoms with Gasteiger partial charge in [-0.25, -0.2) is 13.1 Å². The lowest BCUT2D eigenvalue weighted by Crippen LogP contribution is -2.25. The quantitative estimate of drug-likeness (QED) is 0.846. The molecule has 1 aromatic carbocycles. The van der Waals surface area contributed by atoms with Gasteiger partial charge in [-0.15, -0.1) is 0 Å². The molecule has 1 N–H and O–H groups in total. The van der Waals surface area contributed by atoms with E-state index in [0.717, 1.165) is 11.8 Å². The number of sulfonamides is 1. The van der Waals surface area contributed by atoms with E-state index in [1.165, 1.54) is 0 Å². The predicted molar refractivity (Wildman–Crippen MR) is 59.4 cm³/mol. The van der Waals surface area contributed by atoms with Crippen molar-refractivity contribution < 1.29 is 13.2 Å². The first-order valence-corrected chi connectivity index (χ1v) is 6.43. The van der Waals surface area contributed by atoms with E-state index in [2.05, 4.69) is 4.72 Å². The normalized spacial score (nSPS) is 13.5. The average Bonchev–Trinajstić information content (AvgIpc) is 2.15. The molecule has 0 amide bonds. The van der Waals surface area contributed by atoms with E-state index >= 15 is 0 Å². The van der Waals surface area contributed by atoms with E-state index in [4.69, 9.17) is 4.74 Å². The molecule has 0 aliphatic carbocycles. The zero-order chi connectivity index (χ0) is 11.5. The summed E-state index contributed by atoms with van der Waals surface area (Å²) in [5.41, 5.74) is 0.824. The second kappa shape index (κ2) is 4.63. The number of benzene rings is 1. The van der Waals surface area contributed by atoms with Gasteiger partial charge in [-0.2, -0.15) is 0 Å². The van der Waals surface area contributed by atoms with E-state index in [-0.39, 0.29) is 6.04 Å². The highest BCUT2D eigenvalue weighted by Crippen LogP contribution is 2.24. The SMILES string of the molecule is COc1ccccc1C(C)NS(C)(=O)=O. The van der Waals surface area contributed by atoms with Crippen LogP contribution in [0.5, 0.6) is 5.75 Å². The van der Waals surface area contributed by atoms with Crippen LogP contribution >= 0.6 is 0 Å². The van der Waals surface area contributed by atoms with Gasteiger partial charge in [0, 0.05) is 11.6 Å². The molecule has 0 radical (unpaired) electrons. The van der Waals surface area contributed by atoms with E-state index < -0.39 is 10.0 Å². The van der Waals surface area contributed by atoms with E-state index in [9.17, 15) is 8.42 Å². The first-order valence-electron chi connectivity index (χ1n) is 4.54. The van der Waals surface area contributed by atoms with Gasteiger partial charge in [0.1, 0.15) is 5.75 Å². The van der Waals surface area contributed by atoms with Crippen molar-refractivity contribution in [1.82, 2.24) is 4.72 Å². The number of ether oxygens (including phenoxy) is 1. The maximum absolute atomic E-state index is 11.1. The summed E-state index contributed by atoms with van der Waals surface area (Å²) in [7, 11) is -1.64. The van der Waals surface area contributed by atoms with Crippen molar-refractivity contribution in [2.75, 3.05) is 13.4 Å². The number of para-hydroxylation sites is 1. The van der Waals surface area contributed by atoms with Gasteiger partial charge >= 0.3 is 0 Å². The Balaban J connectivity index is 2.95. The molecule has 15 heavy (non-hydrogen) atoms. The summed E-state index contributed by atoms with van der Waals surface area (Å²) in [6.07, 6.45) is 1.14. The van der Waals surface area contributed by atoms with Crippen molar-refractivity contribution in [3.05, 3.63) is 29.8 Å². The summed E-state index contributed by atoms with van der Waals surface area (Å²) in [5.74, 6) is 0.682. The third-order valence-electron chi connectivity index (χ3n) is 2.00. The fourth-order valence-corrected chi connectivity index (χ4v) is 2.18. The Labute approximate surface area is 90.3 Å². The van der Waals surface area contributed by atoms with Crippen LogP contribution in [0.1, 0.15) is 18.5 Å². The first-order chi connectivity index (χ1) is 6.94. The third-order valence-corrected chi connectivity index (χ3v) is 2.78. The molecule has 0 saturated heterocycles. The van der Waals surface area contributed by atoms with Crippen LogP contribution in [0.4, 0.5) is 0 Å². The van der Waals surface area contributed by atoms with Gasteiger partial charge in [0.15, 0.2) is 0 Å². The van der Waals surface area contributed by atoms with Crippen molar-refractivity contribution in [3.63, 3.8) is 0 Å². The average molecular weight is 229 g/mol. The third kappa shape index (κ3) is 3.53. The Morgan fingerprint density at radius 2 is 1.93 bits per heavy atom.